The Balaban J connectivity index is 1.72. The first-order chi connectivity index (χ1) is 13.2. The molecule has 1 aromatic carbocycles. The van der Waals surface area contributed by atoms with Gasteiger partial charge in [-0.1, -0.05) is 12.1 Å². The van der Waals surface area contributed by atoms with Crippen LogP contribution in [0.5, 0.6) is 0 Å². The first-order valence-corrected chi connectivity index (χ1v) is 10.3. The topological polar surface area (TPSA) is 67.8 Å². The molecule has 5 nitrogen and oxygen atoms in total. The smallest absolute Gasteiger partial charge is 0.290 e. The van der Waals surface area contributed by atoms with E-state index >= 15 is 0 Å². The molecule has 2 heterocycles. The molecule has 144 valence electrons. The van der Waals surface area contributed by atoms with Crippen LogP contribution in [-0.2, 0) is 14.3 Å². The number of hydrogen-bond acceptors (Lipinski definition) is 6. The maximum absolute atomic E-state index is 12.7. The zero-order valence-corrected chi connectivity index (χ0v) is 16.5. The molecule has 3 rings (SSSR count). The van der Waals surface area contributed by atoms with Crippen molar-refractivity contribution < 1.29 is 19.4 Å². The van der Waals surface area contributed by atoms with Crippen LogP contribution in [0.15, 0.2) is 57.8 Å². The van der Waals surface area contributed by atoms with Crippen molar-refractivity contribution in [3.63, 3.8) is 0 Å². The first kappa shape index (κ1) is 19.9. The fraction of sp³-hybridized carbons (Fsp3) is 0.350. The summed E-state index contributed by atoms with van der Waals surface area (Å²) in [5, 5.41) is 15.8. The second kappa shape index (κ2) is 9.94. The first-order valence-electron chi connectivity index (χ1n) is 8.89. The van der Waals surface area contributed by atoms with Gasteiger partial charge in [0.1, 0.15) is 0 Å². The molecule has 0 saturated carbocycles. The minimum Gasteiger partial charge on any atom is -0.459 e. The van der Waals surface area contributed by atoms with Gasteiger partial charge in [0.15, 0.2) is 5.76 Å². The predicted molar refractivity (Wildman–Crippen MR) is 109 cm³/mol. The van der Waals surface area contributed by atoms with E-state index in [4.69, 9.17) is 14.6 Å². The molecule has 1 amide bonds. The van der Waals surface area contributed by atoms with Crippen molar-refractivity contribution in [3.05, 3.63) is 58.5 Å². The van der Waals surface area contributed by atoms with Crippen molar-refractivity contribution in [2.75, 3.05) is 18.5 Å². The Hall–Kier alpha value is -1.80. The molecule has 0 radical (unpaired) electrons. The minimum atomic E-state index is -0.495. The number of aliphatic hydroxyl groups excluding tert-OH is 1. The zero-order valence-electron chi connectivity index (χ0n) is 14.8. The van der Waals surface area contributed by atoms with Crippen molar-refractivity contribution >= 4 is 35.6 Å². The summed E-state index contributed by atoms with van der Waals surface area (Å²) >= 11 is 5.99. The lowest BCUT2D eigenvalue weighted by molar-refractivity contribution is -0.143. The van der Waals surface area contributed by atoms with Gasteiger partial charge in [-0.25, -0.2) is 0 Å². The molecule has 7 heteroatoms. The highest BCUT2D eigenvalue weighted by atomic mass is 32.1. The van der Waals surface area contributed by atoms with E-state index in [0.29, 0.717) is 30.0 Å². The summed E-state index contributed by atoms with van der Waals surface area (Å²) in [5.74, 6) is -0.0126. The van der Waals surface area contributed by atoms with E-state index < -0.39 is 6.29 Å². The lowest BCUT2D eigenvalue weighted by atomic mass is 9.95. The van der Waals surface area contributed by atoms with Gasteiger partial charge in [-0.05, 0) is 53.4 Å². The number of allylic oxidation sites excluding steroid dienone is 1. The quantitative estimate of drug-likeness (QED) is 0.455. The van der Waals surface area contributed by atoms with Gasteiger partial charge in [0.05, 0.1) is 12.3 Å². The van der Waals surface area contributed by atoms with Gasteiger partial charge in [-0.2, -0.15) is 11.3 Å². The number of unbranched alkanes of at least 4 members (excludes halogenated alkanes) is 1. The van der Waals surface area contributed by atoms with Crippen molar-refractivity contribution in [2.24, 2.45) is 0 Å². The number of nitrogens with one attached hydrogen (secondary N) is 1. The molecule has 2 N–H and O–H groups in total. The second-order valence-corrected chi connectivity index (χ2v) is 7.51. The van der Waals surface area contributed by atoms with Crippen LogP contribution < -0.4 is 5.32 Å². The molecule has 1 aromatic heterocycles. The summed E-state index contributed by atoms with van der Waals surface area (Å²) in [4.78, 5) is 13.4. The molecule has 2 atom stereocenters. The number of amides is 1. The molecular formula is C20H23NO4S2. The summed E-state index contributed by atoms with van der Waals surface area (Å²) in [6, 6.07) is 9.36. The van der Waals surface area contributed by atoms with Crippen molar-refractivity contribution in [1.82, 2.24) is 0 Å². The Morgan fingerprint density at radius 1 is 1.33 bits per heavy atom. The van der Waals surface area contributed by atoms with Gasteiger partial charge in [-0.3, -0.25) is 4.79 Å². The van der Waals surface area contributed by atoms with Crippen molar-refractivity contribution in [1.29, 1.82) is 0 Å². The van der Waals surface area contributed by atoms with E-state index in [-0.39, 0.29) is 24.2 Å². The molecule has 0 fully saturated rings. The van der Waals surface area contributed by atoms with E-state index in [1.54, 1.807) is 17.4 Å². The Bertz CT molecular complexity index is 776. The third-order valence-electron chi connectivity index (χ3n) is 4.26. The van der Waals surface area contributed by atoms with Gasteiger partial charge >= 0.3 is 0 Å². The number of carbonyl (C=O) groups excluding carboxylic acids is 1. The van der Waals surface area contributed by atoms with E-state index in [2.05, 4.69) is 29.4 Å². The van der Waals surface area contributed by atoms with Crippen LogP contribution in [0, 0.1) is 0 Å². The Labute approximate surface area is 168 Å². The largest absolute Gasteiger partial charge is 0.459 e. The number of hydrogen-bond donors (Lipinski definition) is 3. The van der Waals surface area contributed by atoms with Crippen molar-refractivity contribution in [3.8, 4) is 0 Å². The van der Waals surface area contributed by atoms with Gasteiger partial charge in [0.25, 0.3) is 5.91 Å². The van der Waals surface area contributed by atoms with Gasteiger partial charge in [0, 0.05) is 23.8 Å². The number of rotatable bonds is 8. The van der Waals surface area contributed by atoms with Crippen molar-refractivity contribution in [2.45, 2.75) is 36.4 Å². The number of benzene rings is 1. The number of aliphatic hydroxyl groups is 1. The maximum Gasteiger partial charge on any atom is 0.290 e. The number of thiol groups is 1. The summed E-state index contributed by atoms with van der Waals surface area (Å²) in [6.07, 6.45) is 3.44. The molecule has 0 saturated heterocycles. The number of anilines is 1. The van der Waals surface area contributed by atoms with E-state index in [0.717, 1.165) is 12.0 Å². The van der Waals surface area contributed by atoms with E-state index in [9.17, 15) is 4.79 Å². The van der Waals surface area contributed by atoms with Crippen LogP contribution in [-0.4, -0.2) is 30.5 Å². The lowest BCUT2D eigenvalue weighted by Gasteiger charge is -2.29. The third-order valence-corrected chi connectivity index (χ3v) is 5.35. The summed E-state index contributed by atoms with van der Waals surface area (Å²) in [5.41, 5.74) is 1.78. The van der Waals surface area contributed by atoms with Gasteiger partial charge in [-0.15, -0.1) is 12.6 Å². The number of carbonyl (C=O) groups is 1. The normalized spacial score (nSPS) is 19.3. The van der Waals surface area contributed by atoms with Crippen LogP contribution in [0.4, 0.5) is 5.69 Å². The molecule has 0 bridgehead atoms. The highest BCUT2D eigenvalue weighted by molar-refractivity contribution is 7.80. The molecule has 27 heavy (non-hydrogen) atoms. The molecule has 2 aromatic rings. The monoisotopic (exact) mass is 405 g/mol. The van der Waals surface area contributed by atoms with Crippen LogP contribution in [0.2, 0.25) is 0 Å². The third kappa shape index (κ3) is 5.59. The number of thiophene rings is 1. The molecule has 0 unspecified atom stereocenters. The van der Waals surface area contributed by atoms with Gasteiger partial charge < -0.3 is 19.9 Å². The summed E-state index contributed by atoms with van der Waals surface area (Å²) in [6.45, 7) is 0.624. The average Bonchev–Trinajstić information content (AvgIpc) is 3.22. The lowest BCUT2D eigenvalue weighted by Crippen LogP contribution is -2.29. The number of ether oxygens (including phenoxy) is 2. The average molecular weight is 406 g/mol. The molecule has 0 spiro atoms. The highest BCUT2D eigenvalue weighted by Gasteiger charge is 2.29. The second-order valence-electron chi connectivity index (χ2n) is 6.25. The number of para-hydroxylation sites is 1. The van der Waals surface area contributed by atoms with Crippen LogP contribution >= 0.6 is 24.0 Å². The zero-order chi connectivity index (χ0) is 19.1. The van der Waals surface area contributed by atoms with Gasteiger partial charge in [0.2, 0.25) is 6.29 Å². The standard InChI is InChI=1S/C20H23NO4S2/c22-8-3-4-9-24-19-12-15(14-7-10-27-13-14)11-17(25-19)20(23)21-16-5-1-2-6-18(16)26/h1-2,5-7,10-11,13,15,19,22,26H,3-4,8-9,12H2,(H,21,23)/t15-,19+/m0/s1. The fourth-order valence-corrected chi connectivity index (χ4v) is 3.77. The summed E-state index contributed by atoms with van der Waals surface area (Å²) < 4.78 is 11.6. The van der Waals surface area contributed by atoms with Crippen LogP contribution in [0.25, 0.3) is 0 Å². The molecule has 1 aliphatic heterocycles. The molecular weight excluding hydrogens is 382 g/mol. The van der Waals surface area contributed by atoms with Crippen LogP contribution in [0.3, 0.4) is 0 Å². The SMILES string of the molecule is O=C(Nc1ccccc1S)C1=C[C@H](c2ccsc2)C[C@H](OCCCCO)O1. The highest BCUT2D eigenvalue weighted by Crippen LogP contribution is 2.33. The fourth-order valence-electron chi connectivity index (χ4n) is 2.83. The van der Waals surface area contributed by atoms with E-state index in [1.165, 1.54) is 0 Å². The molecule has 0 aliphatic carbocycles. The van der Waals surface area contributed by atoms with E-state index in [1.807, 2.05) is 29.7 Å². The predicted octanol–water partition coefficient (Wildman–Crippen LogP) is 4.18. The Kier molecular flexibility index (Phi) is 7.34. The van der Waals surface area contributed by atoms with Crippen LogP contribution in [0.1, 0.15) is 30.7 Å². The minimum absolute atomic E-state index is 0.0554. The Morgan fingerprint density at radius 2 is 2.19 bits per heavy atom. The summed E-state index contributed by atoms with van der Waals surface area (Å²) in [7, 11) is 0. The molecule has 1 aliphatic rings. The maximum atomic E-state index is 12.7. The Morgan fingerprint density at radius 3 is 2.93 bits per heavy atom.